The number of benzene rings is 1. The fraction of sp³-hybridized carbons (Fsp3) is 0.429. The number of allylic oxidation sites excluding steroid dienone is 1. The number of piperazine rings is 2. The Hall–Kier alpha value is -3.34. The number of fused-ring (bicyclic) bond motifs is 4. The van der Waals surface area contributed by atoms with Crippen molar-refractivity contribution >= 4 is 11.4 Å². The minimum Gasteiger partial charge on any atom is -0.395 e. The van der Waals surface area contributed by atoms with Crippen molar-refractivity contribution in [2.45, 2.75) is 31.5 Å². The van der Waals surface area contributed by atoms with E-state index in [9.17, 15) is 10.4 Å². The summed E-state index contributed by atoms with van der Waals surface area (Å²) in [7, 11) is 0. The number of nitriles is 1. The molecule has 4 atom stereocenters. The van der Waals surface area contributed by atoms with Gasteiger partial charge in [0.15, 0.2) is 0 Å². The third-order valence-electron chi connectivity index (χ3n) is 8.05. The number of nitrogens with zero attached hydrogens (tertiary/aromatic N) is 5. The third kappa shape index (κ3) is 3.69. The van der Waals surface area contributed by atoms with Crippen LogP contribution in [0.5, 0.6) is 0 Å². The molecule has 0 radical (unpaired) electrons. The summed E-state index contributed by atoms with van der Waals surface area (Å²) in [5, 5.41) is 22.7. The summed E-state index contributed by atoms with van der Waals surface area (Å²) in [5.41, 5.74) is 8.24. The van der Waals surface area contributed by atoms with Crippen LogP contribution < -0.4 is 10.2 Å². The van der Waals surface area contributed by atoms with Gasteiger partial charge in [0.1, 0.15) is 0 Å². The molecule has 7 heteroatoms. The molecule has 4 heterocycles. The fourth-order valence-electron chi connectivity index (χ4n) is 6.21. The van der Waals surface area contributed by atoms with Gasteiger partial charge in [-0.15, -0.1) is 0 Å². The molecule has 0 saturated carbocycles. The third-order valence-corrected chi connectivity index (χ3v) is 8.05. The highest BCUT2D eigenvalue weighted by Gasteiger charge is 2.39. The molecule has 2 saturated heterocycles. The lowest BCUT2D eigenvalue weighted by Crippen LogP contribution is -2.52. The first-order valence-electron chi connectivity index (χ1n) is 12.6. The van der Waals surface area contributed by atoms with Gasteiger partial charge in [-0.1, -0.05) is 25.6 Å². The van der Waals surface area contributed by atoms with Crippen molar-refractivity contribution in [1.82, 2.24) is 20.1 Å². The van der Waals surface area contributed by atoms with Gasteiger partial charge in [-0.2, -0.15) is 5.26 Å². The van der Waals surface area contributed by atoms with Gasteiger partial charge in [-0.05, 0) is 41.3 Å². The average molecular weight is 469 g/mol. The Balaban J connectivity index is 1.29. The van der Waals surface area contributed by atoms with Crippen LogP contribution in [0.25, 0.3) is 5.70 Å². The summed E-state index contributed by atoms with van der Waals surface area (Å²) in [6.07, 6.45) is 4.05. The van der Waals surface area contributed by atoms with E-state index in [1.165, 1.54) is 22.5 Å². The van der Waals surface area contributed by atoms with Crippen LogP contribution in [0, 0.1) is 17.2 Å². The van der Waals surface area contributed by atoms with E-state index in [2.05, 4.69) is 74.9 Å². The van der Waals surface area contributed by atoms with E-state index in [0.717, 1.165) is 56.2 Å². The van der Waals surface area contributed by atoms with Crippen LogP contribution in [0.1, 0.15) is 41.3 Å². The molecule has 0 amide bonds. The maximum Gasteiger partial charge on any atom is 0.0952 e. The number of aromatic nitrogens is 1. The zero-order valence-electron chi connectivity index (χ0n) is 20.2. The van der Waals surface area contributed by atoms with E-state index >= 15 is 0 Å². The standard InChI is InChI=1S/C28H32N6O/c1-18-10-26(24-4-3-7-31-28(24)25(18)12-29)33-13-19(2)34-14-20-11-22(5-6-23(20)27(34)16-33)32-9-8-30-21(15-32)17-35/h3-7,10-11,18,21,25,27,30,35H,2,8-9,13-17H2,1H3/t18?,21-,25?,27+/m0/s1. The van der Waals surface area contributed by atoms with Gasteiger partial charge in [0.25, 0.3) is 0 Å². The fourth-order valence-corrected chi connectivity index (χ4v) is 6.21. The molecular weight excluding hydrogens is 436 g/mol. The van der Waals surface area contributed by atoms with Crippen LogP contribution in [0.15, 0.2) is 54.9 Å². The summed E-state index contributed by atoms with van der Waals surface area (Å²) in [6.45, 7) is 12.0. The van der Waals surface area contributed by atoms with Crippen molar-refractivity contribution in [1.29, 1.82) is 5.26 Å². The molecule has 2 unspecified atom stereocenters. The first-order valence-corrected chi connectivity index (χ1v) is 12.6. The Morgan fingerprint density at radius 3 is 2.94 bits per heavy atom. The smallest absolute Gasteiger partial charge is 0.0952 e. The second-order valence-corrected chi connectivity index (χ2v) is 10.2. The summed E-state index contributed by atoms with van der Waals surface area (Å²) in [4.78, 5) is 11.9. The van der Waals surface area contributed by atoms with E-state index < -0.39 is 0 Å². The molecule has 3 aliphatic heterocycles. The SMILES string of the molecule is C=C1CN(C2=CC(C)C(C#N)c3ncccc32)C[C@@H]2c3ccc(N4CCN[C@H](CO)C4)cc3CN12. The Bertz CT molecular complexity index is 1230. The van der Waals surface area contributed by atoms with Gasteiger partial charge < -0.3 is 25.1 Å². The van der Waals surface area contributed by atoms with Crippen LogP contribution in [0.2, 0.25) is 0 Å². The lowest BCUT2D eigenvalue weighted by Gasteiger charge is -2.44. The Kier molecular flexibility index (Phi) is 5.51. The van der Waals surface area contributed by atoms with Gasteiger partial charge in [0.05, 0.1) is 36.9 Å². The molecule has 0 bridgehead atoms. The van der Waals surface area contributed by atoms with Gasteiger partial charge >= 0.3 is 0 Å². The summed E-state index contributed by atoms with van der Waals surface area (Å²) in [6, 6.07) is 13.8. The molecule has 35 heavy (non-hydrogen) atoms. The molecule has 180 valence electrons. The highest BCUT2D eigenvalue weighted by Crippen LogP contribution is 2.45. The van der Waals surface area contributed by atoms with Gasteiger partial charge in [0, 0.05) is 67.6 Å². The van der Waals surface area contributed by atoms with Crippen molar-refractivity contribution in [2.75, 3.05) is 44.2 Å². The normalized spacial score (nSPS) is 27.6. The first kappa shape index (κ1) is 22.1. The highest BCUT2D eigenvalue weighted by atomic mass is 16.3. The largest absolute Gasteiger partial charge is 0.395 e. The van der Waals surface area contributed by atoms with Crippen molar-refractivity contribution in [3.8, 4) is 6.07 Å². The van der Waals surface area contributed by atoms with Crippen molar-refractivity contribution in [3.05, 3.63) is 77.3 Å². The van der Waals surface area contributed by atoms with Crippen molar-refractivity contribution < 1.29 is 5.11 Å². The predicted octanol–water partition coefficient (Wildman–Crippen LogP) is 2.84. The molecule has 4 aliphatic rings. The molecule has 7 nitrogen and oxygen atoms in total. The topological polar surface area (TPSA) is 78.7 Å². The second kappa shape index (κ2) is 8.71. The number of rotatable bonds is 3. The van der Waals surface area contributed by atoms with E-state index in [-0.39, 0.29) is 30.5 Å². The maximum absolute atomic E-state index is 9.75. The number of aliphatic hydroxyl groups excluding tert-OH is 1. The lowest BCUT2D eigenvalue weighted by molar-refractivity contribution is 0.168. The second-order valence-electron chi connectivity index (χ2n) is 10.2. The number of nitrogens with one attached hydrogen (secondary N) is 1. The van der Waals surface area contributed by atoms with E-state index in [1.54, 1.807) is 6.20 Å². The number of hydrogen-bond donors (Lipinski definition) is 2. The highest BCUT2D eigenvalue weighted by molar-refractivity contribution is 5.70. The van der Waals surface area contributed by atoms with Crippen LogP contribution in [0.3, 0.4) is 0 Å². The summed E-state index contributed by atoms with van der Waals surface area (Å²) < 4.78 is 0. The van der Waals surface area contributed by atoms with Gasteiger partial charge in [0.2, 0.25) is 0 Å². The number of aliphatic hydroxyl groups is 1. The van der Waals surface area contributed by atoms with Crippen LogP contribution in [-0.2, 0) is 6.54 Å². The van der Waals surface area contributed by atoms with Crippen LogP contribution >= 0.6 is 0 Å². The number of hydrogen-bond acceptors (Lipinski definition) is 7. The minimum absolute atomic E-state index is 0.115. The van der Waals surface area contributed by atoms with Gasteiger partial charge in [-0.25, -0.2) is 0 Å². The minimum atomic E-state index is -0.208. The molecule has 1 aliphatic carbocycles. The molecule has 0 spiro atoms. The Labute approximate surface area is 207 Å². The molecule has 2 N–H and O–H groups in total. The number of anilines is 1. The van der Waals surface area contributed by atoms with Crippen molar-refractivity contribution in [2.24, 2.45) is 5.92 Å². The monoisotopic (exact) mass is 468 g/mol. The Morgan fingerprint density at radius 1 is 1.23 bits per heavy atom. The number of pyridine rings is 1. The van der Waals surface area contributed by atoms with Gasteiger partial charge in [-0.3, -0.25) is 4.98 Å². The average Bonchev–Trinajstić information content (AvgIpc) is 3.27. The van der Waals surface area contributed by atoms with E-state index in [1.807, 2.05) is 6.07 Å². The zero-order chi connectivity index (χ0) is 24.1. The molecular formula is C28H32N6O. The van der Waals surface area contributed by atoms with Crippen LogP contribution in [-0.4, -0.2) is 65.3 Å². The van der Waals surface area contributed by atoms with Crippen molar-refractivity contribution in [3.63, 3.8) is 0 Å². The molecule has 6 rings (SSSR count). The summed E-state index contributed by atoms with van der Waals surface area (Å²) >= 11 is 0. The molecule has 2 aromatic rings. The summed E-state index contributed by atoms with van der Waals surface area (Å²) in [5.74, 6) is -0.0932. The quantitative estimate of drug-likeness (QED) is 0.717. The Morgan fingerprint density at radius 2 is 2.11 bits per heavy atom. The lowest BCUT2D eigenvalue weighted by atomic mass is 9.82. The molecule has 2 fully saturated rings. The molecule has 1 aromatic heterocycles. The van der Waals surface area contributed by atoms with Crippen LogP contribution in [0.4, 0.5) is 5.69 Å². The first-order chi connectivity index (χ1) is 17.1. The molecule has 1 aromatic carbocycles. The maximum atomic E-state index is 9.75. The predicted molar refractivity (Wildman–Crippen MR) is 136 cm³/mol. The van der Waals surface area contributed by atoms with E-state index in [4.69, 9.17) is 0 Å². The zero-order valence-corrected chi connectivity index (χ0v) is 20.2. The van der Waals surface area contributed by atoms with E-state index in [0.29, 0.717) is 0 Å².